The van der Waals surface area contributed by atoms with E-state index in [0.717, 1.165) is 13.2 Å². The van der Waals surface area contributed by atoms with Crippen LogP contribution in [0, 0.1) is 24.4 Å². The van der Waals surface area contributed by atoms with E-state index in [2.05, 4.69) is 4.74 Å². The minimum Gasteiger partial charge on any atom is -0.500 e. The average Bonchev–Trinajstić information content (AvgIpc) is 2.52. The van der Waals surface area contributed by atoms with Crippen LogP contribution in [0.4, 0.5) is 13.2 Å². The Morgan fingerprint density at radius 1 is 1.09 bits per heavy atom. The predicted octanol–water partition coefficient (Wildman–Crippen LogP) is 3.73. The highest BCUT2D eigenvalue weighted by molar-refractivity contribution is 6.37. The van der Waals surface area contributed by atoms with Gasteiger partial charge in [0.1, 0.15) is 17.7 Å². The maximum atomic E-state index is 14.2. The summed E-state index contributed by atoms with van der Waals surface area (Å²) in [5.41, 5.74) is -2.36. The third-order valence-corrected chi connectivity index (χ3v) is 3.17. The molecule has 0 fully saturated rings. The van der Waals surface area contributed by atoms with Crippen LogP contribution in [0.5, 0.6) is 0 Å². The van der Waals surface area contributed by atoms with Gasteiger partial charge < -0.3 is 9.47 Å². The van der Waals surface area contributed by atoms with Crippen molar-refractivity contribution in [1.82, 2.24) is 0 Å². The molecule has 8 heteroatoms. The SMILES string of the molecule is CCO/C=C(\C(=O)OCC)C(=O)c1c(F)c(C)c(F)c(F)c1Cl. The molecule has 0 heterocycles. The quantitative estimate of drug-likeness (QED) is 0.115. The summed E-state index contributed by atoms with van der Waals surface area (Å²) in [5, 5.41) is -1.05. The molecule has 0 saturated heterocycles. The Hall–Kier alpha value is -2.02. The van der Waals surface area contributed by atoms with Crippen molar-refractivity contribution in [3.63, 3.8) is 0 Å². The van der Waals surface area contributed by atoms with Gasteiger partial charge in [-0.25, -0.2) is 18.0 Å². The summed E-state index contributed by atoms with van der Waals surface area (Å²) in [4.78, 5) is 24.2. The largest absolute Gasteiger partial charge is 0.500 e. The topological polar surface area (TPSA) is 52.6 Å². The Balaban J connectivity index is 3.49. The van der Waals surface area contributed by atoms with Gasteiger partial charge >= 0.3 is 5.97 Å². The third kappa shape index (κ3) is 3.85. The van der Waals surface area contributed by atoms with Gasteiger partial charge in [-0.1, -0.05) is 11.6 Å². The van der Waals surface area contributed by atoms with Crippen molar-refractivity contribution < 1.29 is 32.2 Å². The van der Waals surface area contributed by atoms with Gasteiger partial charge in [-0.3, -0.25) is 4.79 Å². The maximum absolute atomic E-state index is 14.2. The van der Waals surface area contributed by atoms with E-state index < -0.39 is 50.9 Å². The molecule has 1 aromatic rings. The lowest BCUT2D eigenvalue weighted by Crippen LogP contribution is -2.19. The number of ether oxygens (including phenoxy) is 2. The lowest BCUT2D eigenvalue weighted by atomic mass is 10.0. The van der Waals surface area contributed by atoms with Crippen molar-refractivity contribution in [1.29, 1.82) is 0 Å². The van der Waals surface area contributed by atoms with Gasteiger partial charge in [-0.2, -0.15) is 0 Å². The van der Waals surface area contributed by atoms with Crippen LogP contribution in [-0.4, -0.2) is 25.0 Å². The number of hydrogen-bond acceptors (Lipinski definition) is 4. The molecule has 126 valence electrons. The number of hydrogen-bond donors (Lipinski definition) is 0. The van der Waals surface area contributed by atoms with E-state index in [1.165, 1.54) is 6.92 Å². The Labute approximate surface area is 135 Å². The minimum atomic E-state index is -1.58. The fourth-order valence-electron chi connectivity index (χ4n) is 1.65. The van der Waals surface area contributed by atoms with Crippen molar-refractivity contribution in [3.8, 4) is 0 Å². The van der Waals surface area contributed by atoms with Crippen LogP contribution in [0.15, 0.2) is 11.8 Å². The molecule has 4 nitrogen and oxygen atoms in total. The Morgan fingerprint density at radius 2 is 1.70 bits per heavy atom. The minimum absolute atomic E-state index is 0.0530. The monoisotopic (exact) mass is 350 g/mol. The van der Waals surface area contributed by atoms with E-state index in [-0.39, 0.29) is 13.2 Å². The summed E-state index contributed by atoms with van der Waals surface area (Å²) < 4.78 is 50.8. The van der Waals surface area contributed by atoms with Crippen LogP contribution in [-0.2, 0) is 14.3 Å². The van der Waals surface area contributed by atoms with Gasteiger partial charge in [0.2, 0.25) is 5.78 Å². The van der Waals surface area contributed by atoms with E-state index >= 15 is 0 Å². The van der Waals surface area contributed by atoms with Crippen LogP contribution in [0.25, 0.3) is 0 Å². The zero-order chi connectivity index (χ0) is 17.7. The molecular weight excluding hydrogens is 337 g/mol. The number of benzene rings is 1. The molecule has 1 rings (SSSR count). The van der Waals surface area contributed by atoms with Gasteiger partial charge in [-0.05, 0) is 20.8 Å². The van der Waals surface area contributed by atoms with Crippen molar-refractivity contribution >= 4 is 23.4 Å². The Bertz CT molecular complexity index is 642. The van der Waals surface area contributed by atoms with Gasteiger partial charge in [0.15, 0.2) is 11.6 Å². The molecule has 23 heavy (non-hydrogen) atoms. The average molecular weight is 351 g/mol. The molecule has 1 aromatic carbocycles. The van der Waals surface area contributed by atoms with E-state index in [1.54, 1.807) is 6.92 Å². The first-order valence-corrected chi connectivity index (χ1v) is 7.01. The molecular formula is C15H14ClF3O4. The number of ketones is 1. The second kappa shape index (κ2) is 8.01. The lowest BCUT2D eigenvalue weighted by molar-refractivity contribution is -0.138. The highest BCUT2D eigenvalue weighted by Crippen LogP contribution is 2.30. The van der Waals surface area contributed by atoms with Gasteiger partial charge in [-0.15, -0.1) is 0 Å². The lowest BCUT2D eigenvalue weighted by Gasteiger charge is -2.11. The summed E-state index contributed by atoms with van der Waals surface area (Å²) in [6, 6.07) is 0. The zero-order valence-corrected chi connectivity index (χ0v) is 13.4. The van der Waals surface area contributed by atoms with E-state index in [0.29, 0.717) is 0 Å². The normalized spacial score (nSPS) is 11.3. The van der Waals surface area contributed by atoms with Crippen molar-refractivity contribution in [2.45, 2.75) is 20.8 Å². The fourth-order valence-corrected chi connectivity index (χ4v) is 1.91. The number of Topliss-reactive ketones (excluding diaryl/α,β-unsaturated/α-hetero) is 1. The molecule has 0 atom stereocenters. The van der Waals surface area contributed by atoms with Gasteiger partial charge in [0, 0.05) is 5.56 Å². The second-order valence-corrected chi connectivity index (χ2v) is 4.67. The van der Waals surface area contributed by atoms with Crippen LogP contribution in [0.2, 0.25) is 5.02 Å². The Kier molecular flexibility index (Phi) is 6.62. The first-order valence-electron chi connectivity index (χ1n) is 6.63. The summed E-state index contributed by atoms with van der Waals surface area (Å²) in [7, 11) is 0. The molecule has 0 aliphatic carbocycles. The van der Waals surface area contributed by atoms with Crippen molar-refractivity contribution in [2.75, 3.05) is 13.2 Å². The molecule has 0 spiro atoms. The smallest absolute Gasteiger partial charge is 0.345 e. The van der Waals surface area contributed by atoms with Crippen LogP contribution in [0.1, 0.15) is 29.8 Å². The second-order valence-electron chi connectivity index (χ2n) is 4.29. The highest BCUT2D eigenvalue weighted by Gasteiger charge is 2.31. The fraction of sp³-hybridized carbons (Fsp3) is 0.333. The standard InChI is InChI=1S/C15H14ClF3O4/c1-4-22-6-8(15(21)23-5-2)14(20)9-10(16)13(19)12(18)7(3)11(9)17/h6H,4-5H2,1-3H3/b8-6-. The summed E-state index contributed by atoms with van der Waals surface area (Å²) in [6.07, 6.45) is 0.771. The summed E-state index contributed by atoms with van der Waals surface area (Å²) in [6.45, 7) is 4.08. The van der Waals surface area contributed by atoms with Crippen molar-refractivity contribution in [2.24, 2.45) is 0 Å². The first kappa shape index (κ1) is 19.0. The molecule has 0 unspecified atom stereocenters. The maximum Gasteiger partial charge on any atom is 0.345 e. The molecule has 0 aromatic heterocycles. The van der Waals surface area contributed by atoms with E-state index in [4.69, 9.17) is 16.3 Å². The molecule has 0 radical (unpaired) electrons. The summed E-state index contributed by atoms with van der Waals surface area (Å²) in [5.74, 6) is -6.79. The highest BCUT2D eigenvalue weighted by atomic mass is 35.5. The van der Waals surface area contributed by atoms with Gasteiger partial charge in [0.25, 0.3) is 0 Å². The zero-order valence-electron chi connectivity index (χ0n) is 12.6. The summed E-state index contributed by atoms with van der Waals surface area (Å²) >= 11 is 5.53. The van der Waals surface area contributed by atoms with Crippen LogP contribution < -0.4 is 0 Å². The molecule has 0 bridgehead atoms. The number of esters is 1. The van der Waals surface area contributed by atoms with Crippen LogP contribution >= 0.6 is 11.6 Å². The number of carbonyl (C=O) groups excluding carboxylic acids is 2. The number of carbonyl (C=O) groups is 2. The molecule has 0 amide bonds. The third-order valence-electron chi connectivity index (χ3n) is 2.82. The Morgan fingerprint density at radius 3 is 2.22 bits per heavy atom. The predicted molar refractivity (Wildman–Crippen MR) is 76.7 cm³/mol. The molecule has 0 aliphatic rings. The van der Waals surface area contributed by atoms with E-state index in [1.807, 2.05) is 0 Å². The number of rotatable bonds is 6. The molecule has 0 aliphatic heterocycles. The molecule has 0 N–H and O–H groups in total. The van der Waals surface area contributed by atoms with Crippen LogP contribution in [0.3, 0.4) is 0 Å². The first-order chi connectivity index (χ1) is 10.8. The van der Waals surface area contributed by atoms with Crippen molar-refractivity contribution in [3.05, 3.63) is 45.4 Å². The van der Waals surface area contributed by atoms with Gasteiger partial charge in [0.05, 0.1) is 23.8 Å². The molecule has 0 saturated carbocycles. The number of halogens is 4. The van der Waals surface area contributed by atoms with E-state index in [9.17, 15) is 22.8 Å².